The summed E-state index contributed by atoms with van der Waals surface area (Å²) in [4.78, 5) is 23.8. The van der Waals surface area contributed by atoms with E-state index in [1.807, 2.05) is 0 Å². The number of anilines is 1. The number of aromatic nitrogens is 4. The zero-order valence-electron chi connectivity index (χ0n) is 21.7. The Morgan fingerprint density at radius 3 is 2.45 bits per heavy atom. The molecular formula is C24H27F3N6O4S. The Labute approximate surface area is 218 Å². The summed E-state index contributed by atoms with van der Waals surface area (Å²) in [6.45, 7) is 3.95. The maximum absolute atomic E-state index is 13.5. The molecule has 4 heterocycles. The lowest BCUT2D eigenvalue weighted by atomic mass is 9.96. The number of carbonyl (C=O) groups excluding carboxylic acids is 1. The van der Waals surface area contributed by atoms with Crippen LogP contribution in [0.4, 0.5) is 18.9 Å². The number of hydrogen-bond acceptors (Lipinski definition) is 7. The van der Waals surface area contributed by atoms with Gasteiger partial charge in [-0.15, -0.1) is 0 Å². The molecular weight excluding hydrogens is 525 g/mol. The van der Waals surface area contributed by atoms with E-state index in [4.69, 9.17) is 9.72 Å². The van der Waals surface area contributed by atoms with Crippen molar-refractivity contribution in [3.05, 3.63) is 53.1 Å². The molecule has 204 valence electrons. The lowest BCUT2D eigenvalue weighted by Gasteiger charge is -2.30. The molecule has 0 aliphatic carbocycles. The van der Waals surface area contributed by atoms with Gasteiger partial charge in [0.05, 0.1) is 47.2 Å². The first-order valence-corrected chi connectivity index (χ1v) is 13.1. The summed E-state index contributed by atoms with van der Waals surface area (Å²) in [7, 11) is 0.649. The molecule has 3 aromatic rings. The lowest BCUT2D eigenvalue weighted by molar-refractivity contribution is -0.142. The van der Waals surface area contributed by atoms with E-state index in [-0.39, 0.29) is 17.3 Å². The highest BCUT2D eigenvalue weighted by Crippen LogP contribution is 2.43. The number of amides is 1. The fourth-order valence-corrected chi connectivity index (χ4v) is 5.29. The highest BCUT2D eigenvalue weighted by Gasteiger charge is 2.47. The maximum Gasteiger partial charge on any atom is 0.408 e. The number of hydrogen-bond donors (Lipinski definition) is 0. The van der Waals surface area contributed by atoms with Crippen LogP contribution >= 0.6 is 0 Å². The summed E-state index contributed by atoms with van der Waals surface area (Å²) in [6, 6.07) is 3.32. The van der Waals surface area contributed by atoms with Crippen LogP contribution < -0.4 is 9.64 Å². The first-order chi connectivity index (χ1) is 17.5. The minimum absolute atomic E-state index is 0.162. The predicted octanol–water partition coefficient (Wildman–Crippen LogP) is 3.51. The quantitative estimate of drug-likeness (QED) is 0.441. The van der Waals surface area contributed by atoms with Crippen LogP contribution in [0.3, 0.4) is 0 Å². The topological polar surface area (TPSA) is 111 Å². The molecule has 0 N–H and O–H groups in total. The van der Waals surface area contributed by atoms with Gasteiger partial charge in [-0.3, -0.25) is 14.4 Å². The van der Waals surface area contributed by atoms with Gasteiger partial charge in [-0.25, -0.2) is 22.7 Å². The average molecular weight is 553 g/mol. The second-order valence-corrected chi connectivity index (χ2v) is 11.9. The third kappa shape index (κ3) is 4.97. The van der Waals surface area contributed by atoms with Crippen molar-refractivity contribution in [1.82, 2.24) is 24.1 Å². The Morgan fingerprint density at radius 2 is 1.84 bits per heavy atom. The molecule has 0 bridgehead atoms. The monoisotopic (exact) mass is 552 g/mol. The number of fused-ring (bicyclic) bond motifs is 1. The van der Waals surface area contributed by atoms with Gasteiger partial charge in [-0.2, -0.15) is 18.3 Å². The Bertz CT molecular complexity index is 1520. The maximum atomic E-state index is 13.5. The molecule has 0 unspecified atom stereocenters. The van der Waals surface area contributed by atoms with Crippen molar-refractivity contribution >= 4 is 21.6 Å². The highest BCUT2D eigenvalue weighted by molar-refractivity contribution is 7.88. The fraction of sp³-hybridized carbons (Fsp3) is 0.417. The zero-order chi connectivity index (χ0) is 28.2. The number of carbonyl (C=O) groups is 1. The largest absolute Gasteiger partial charge is 0.481 e. The molecule has 0 spiro atoms. The number of pyridine rings is 2. The first-order valence-electron chi connectivity index (χ1n) is 11.4. The van der Waals surface area contributed by atoms with Crippen LogP contribution in [0.15, 0.2) is 30.7 Å². The molecule has 38 heavy (non-hydrogen) atoms. The third-order valence-corrected chi connectivity index (χ3v) is 8.09. The summed E-state index contributed by atoms with van der Waals surface area (Å²) < 4.78 is 70.6. The zero-order valence-corrected chi connectivity index (χ0v) is 22.5. The van der Waals surface area contributed by atoms with Crippen molar-refractivity contribution in [1.29, 1.82) is 0 Å². The normalized spacial score (nSPS) is 15.3. The van der Waals surface area contributed by atoms with Gasteiger partial charge in [-0.05, 0) is 38.5 Å². The van der Waals surface area contributed by atoms with E-state index in [0.717, 1.165) is 8.99 Å². The second-order valence-electron chi connectivity index (χ2n) is 9.69. The van der Waals surface area contributed by atoms with E-state index < -0.39 is 34.2 Å². The van der Waals surface area contributed by atoms with Gasteiger partial charge in [0.15, 0.2) is 0 Å². The van der Waals surface area contributed by atoms with Crippen LogP contribution in [-0.2, 0) is 27.9 Å². The fourth-order valence-electron chi connectivity index (χ4n) is 4.43. The van der Waals surface area contributed by atoms with Crippen molar-refractivity contribution in [3.8, 4) is 17.1 Å². The van der Waals surface area contributed by atoms with Gasteiger partial charge in [-0.1, -0.05) is 0 Å². The van der Waals surface area contributed by atoms with Crippen molar-refractivity contribution in [3.63, 3.8) is 0 Å². The number of aryl methyl sites for hydroxylation is 1. The molecule has 0 radical (unpaired) electrons. The lowest BCUT2D eigenvalue weighted by Crippen LogP contribution is -2.39. The van der Waals surface area contributed by atoms with Crippen molar-refractivity contribution in [2.45, 2.75) is 44.8 Å². The number of methoxy groups -OCH3 is 1. The van der Waals surface area contributed by atoms with Gasteiger partial charge in [0, 0.05) is 37.6 Å². The molecule has 0 atom stereocenters. The molecule has 1 aliphatic rings. The molecule has 0 saturated heterocycles. The highest BCUT2D eigenvalue weighted by atomic mass is 32.2. The van der Waals surface area contributed by atoms with Gasteiger partial charge in [0.25, 0.3) is 5.91 Å². The van der Waals surface area contributed by atoms with E-state index in [1.165, 1.54) is 44.7 Å². The summed E-state index contributed by atoms with van der Waals surface area (Å²) >= 11 is 0. The predicted molar refractivity (Wildman–Crippen MR) is 133 cm³/mol. The molecule has 4 rings (SSSR count). The van der Waals surface area contributed by atoms with E-state index in [2.05, 4.69) is 10.1 Å². The minimum atomic E-state index is -4.46. The van der Waals surface area contributed by atoms with Crippen LogP contribution in [-0.4, -0.2) is 65.8 Å². The second kappa shape index (κ2) is 9.34. The molecule has 0 aromatic carbocycles. The van der Waals surface area contributed by atoms with Crippen LogP contribution in [0, 0.1) is 6.92 Å². The van der Waals surface area contributed by atoms with Crippen molar-refractivity contribution in [2.75, 3.05) is 26.1 Å². The van der Waals surface area contributed by atoms with Crippen LogP contribution in [0.1, 0.15) is 41.0 Å². The summed E-state index contributed by atoms with van der Waals surface area (Å²) in [5.74, 6) is -0.582. The van der Waals surface area contributed by atoms with E-state index in [9.17, 15) is 26.4 Å². The molecule has 14 heteroatoms. The van der Waals surface area contributed by atoms with Crippen molar-refractivity contribution < 1.29 is 31.1 Å². The Hall–Kier alpha value is -3.52. The summed E-state index contributed by atoms with van der Waals surface area (Å²) in [5, 5.41) is 3.77. The van der Waals surface area contributed by atoms with E-state index >= 15 is 0 Å². The standard InChI is InChI=1S/C24H27F3N6O4S/c1-14-7-18(15-8-16(21(37-6)28-9-15)12-38(35,36)31(4)5)30-20-19(14)22(34)33(23(20,2)3)17-10-29-32(11-17)13-24(25,26)27/h7-11H,12-13H2,1-6H3. The Kier molecular flexibility index (Phi) is 6.77. The van der Waals surface area contributed by atoms with E-state index in [1.54, 1.807) is 32.9 Å². The molecule has 1 amide bonds. The molecule has 0 fully saturated rings. The summed E-state index contributed by atoms with van der Waals surface area (Å²) in [6.07, 6.45) is -0.555. The third-order valence-electron chi connectivity index (χ3n) is 6.30. The van der Waals surface area contributed by atoms with E-state index in [0.29, 0.717) is 33.6 Å². The first kappa shape index (κ1) is 27.5. The number of alkyl halides is 3. The van der Waals surface area contributed by atoms with Crippen molar-refractivity contribution in [2.24, 2.45) is 0 Å². The Morgan fingerprint density at radius 1 is 1.16 bits per heavy atom. The minimum Gasteiger partial charge on any atom is -0.481 e. The summed E-state index contributed by atoms with van der Waals surface area (Å²) in [5.41, 5.74) is 1.88. The van der Waals surface area contributed by atoms with Gasteiger partial charge in [0.2, 0.25) is 15.9 Å². The van der Waals surface area contributed by atoms with Gasteiger partial charge >= 0.3 is 6.18 Å². The van der Waals surface area contributed by atoms with Crippen LogP contribution in [0.2, 0.25) is 0 Å². The molecule has 0 saturated carbocycles. The van der Waals surface area contributed by atoms with Crippen LogP contribution in [0.5, 0.6) is 5.88 Å². The average Bonchev–Trinajstić information content (AvgIpc) is 3.31. The molecule has 1 aliphatic heterocycles. The number of halogens is 3. The number of nitrogens with zero attached hydrogens (tertiary/aromatic N) is 6. The molecule has 3 aromatic heterocycles. The Balaban J connectivity index is 1.76. The van der Waals surface area contributed by atoms with Crippen LogP contribution in [0.25, 0.3) is 11.3 Å². The van der Waals surface area contributed by atoms with Gasteiger partial charge in [0.1, 0.15) is 6.54 Å². The molecule has 10 nitrogen and oxygen atoms in total. The van der Waals surface area contributed by atoms with Gasteiger partial charge < -0.3 is 4.74 Å². The number of rotatable bonds is 7. The smallest absolute Gasteiger partial charge is 0.408 e. The number of ether oxygens (including phenoxy) is 1. The number of sulfonamides is 1. The SMILES string of the molecule is COc1ncc(-c2cc(C)c3c(n2)C(C)(C)N(c2cnn(CC(F)(F)F)c2)C3=O)cc1CS(=O)(=O)N(C)C.